The summed E-state index contributed by atoms with van der Waals surface area (Å²) in [5.41, 5.74) is 0.987. The quantitative estimate of drug-likeness (QED) is 0.798. The highest BCUT2D eigenvalue weighted by Crippen LogP contribution is 2.32. The molecule has 6 heteroatoms. The fourth-order valence-corrected chi connectivity index (χ4v) is 3.54. The van der Waals surface area contributed by atoms with Gasteiger partial charge in [0.15, 0.2) is 6.23 Å². The van der Waals surface area contributed by atoms with Crippen LogP contribution in [-0.4, -0.2) is 32.0 Å². The van der Waals surface area contributed by atoms with Crippen molar-refractivity contribution in [3.05, 3.63) is 29.8 Å². The summed E-state index contributed by atoms with van der Waals surface area (Å²) in [7, 11) is -2.22. The molecule has 0 aromatic heterocycles. The molecule has 0 bridgehead atoms. The van der Waals surface area contributed by atoms with E-state index in [1.54, 1.807) is 31.2 Å². The number of cyclic esters (lactones) is 1. The van der Waals surface area contributed by atoms with Gasteiger partial charge in [-0.3, -0.25) is 4.79 Å². The lowest BCUT2D eigenvalue weighted by Crippen LogP contribution is -2.40. The van der Waals surface area contributed by atoms with E-state index in [9.17, 15) is 13.2 Å². The van der Waals surface area contributed by atoms with Crippen LogP contribution in [0.5, 0.6) is 0 Å². The highest BCUT2D eigenvalue weighted by Gasteiger charge is 2.44. The van der Waals surface area contributed by atoms with E-state index in [0.717, 1.165) is 9.87 Å². The van der Waals surface area contributed by atoms with E-state index < -0.39 is 16.3 Å². The maximum Gasteiger partial charge on any atom is 0.310 e. The van der Waals surface area contributed by atoms with Gasteiger partial charge in [-0.2, -0.15) is 4.31 Å². The molecule has 1 aromatic carbocycles. The minimum atomic E-state index is -3.66. The lowest BCUT2D eigenvalue weighted by atomic mass is 9.98. The number of aryl methyl sites for hydroxylation is 1. The van der Waals surface area contributed by atoms with Crippen LogP contribution in [0.1, 0.15) is 19.4 Å². The number of sulfonamides is 1. The Labute approximate surface area is 119 Å². The van der Waals surface area contributed by atoms with Crippen LogP contribution in [0.4, 0.5) is 0 Å². The van der Waals surface area contributed by atoms with Crippen molar-refractivity contribution >= 4 is 16.0 Å². The first kappa shape index (κ1) is 15.0. The van der Waals surface area contributed by atoms with Gasteiger partial charge in [0.2, 0.25) is 10.0 Å². The summed E-state index contributed by atoms with van der Waals surface area (Å²) >= 11 is 0. The lowest BCUT2D eigenvalue weighted by Gasteiger charge is -2.25. The summed E-state index contributed by atoms with van der Waals surface area (Å²) < 4.78 is 31.4. The van der Waals surface area contributed by atoms with Crippen LogP contribution in [0.15, 0.2) is 29.2 Å². The fraction of sp³-hybridized carbons (Fsp3) is 0.500. The monoisotopic (exact) mass is 297 g/mol. The molecule has 0 saturated carbocycles. The molecule has 0 unspecified atom stereocenters. The summed E-state index contributed by atoms with van der Waals surface area (Å²) in [6, 6.07) is 6.61. The van der Waals surface area contributed by atoms with Crippen LogP contribution in [0.2, 0.25) is 0 Å². The van der Waals surface area contributed by atoms with Crippen LogP contribution in [-0.2, 0) is 19.6 Å². The minimum Gasteiger partial charge on any atom is -0.445 e. The van der Waals surface area contributed by atoms with Gasteiger partial charge < -0.3 is 4.74 Å². The Bertz CT molecular complexity index is 609. The van der Waals surface area contributed by atoms with Crippen LogP contribution >= 0.6 is 0 Å². The number of nitrogens with zero attached hydrogens (tertiary/aromatic N) is 1. The van der Waals surface area contributed by atoms with E-state index in [-0.39, 0.29) is 22.7 Å². The molecule has 0 amide bonds. The molecular formula is C14H19NO4S. The van der Waals surface area contributed by atoms with Gasteiger partial charge in [-0.15, -0.1) is 0 Å². The summed E-state index contributed by atoms with van der Waals surface area (Å²) in [4.78, 5) is 11.8. The summed E-state index contributed by atoms with van der Waals surface area (Å²) in [5, 5.41) is 0. The predicted octanol–water partition coefficient (Wildman–Crippen LogP) is 1.77. The van der Waals surface area contributed by atoms with Crippen LogP contribution in [0.25, 0.3) is 0 Å². The van der Waals surface area contributed by atoms with E-state index in [1.165, 1.54) is 7.05 Å². The molecule has 1 saturated heterocycles. The highest BCUT2D eigenvalue weighted by molar-refractivity contribution is 7.89. The zero-order chi connectivity index (χ0) is 15.1. The van der Waals surface area contributed by atoms with E-state index in [0.29, 0.717) is 0 Å². The van der Waals surface area contributed by atoms with Gasteiger partial charge in [-0.05, 0) is 19.1 Å². The number of rotatable bonds is 3. The summed E-state index contributed by atoms with van der Waals surface area (Å²) in [6.07, 6.45) is -0.746. The number of hydrogen-bond acceptors (Lipinski definition) is 4. The molecule has 0 spiro atoms. The molecular weight excluding hydrogens is 278 g/mol. The van der Waals surface area contributed by atoms with Gasteiger partial charge in [-0.25, -0.2) is 8.42 Å². The van der Waals surface area contributed by atoms with Crippen molar-refractivity contribution in [3.63, 3.8) is 0 Å². The first-order valence-electron chi connectivity index (χ1n) is 6.50. The highest BCUT2D eigenvalue weighted by atomic mass is 32.2. The largest absolute Gasteiger partial charge is 0.445 e. The molecule has 1 heterocycles. The number of ether oxygens (including phenoxy) is 1. The average Bonchev–Trinajstić information content (AvgIpc) is 2.66. The Kier molecular flexibility index (Phi) is 3.88. The number of benzene rings is 1. The van der Waals surface area contributed by atoms with Crippen LogP contribution < -0.4 is 0 Å². The zero-order valence-corrected chi connectivity index (χ0v) is 12.8. The topological polar surface area (TPSA) is 63.7 Å². The fourth-order valence-electron chi connectivity index (χ4n) is 2.21. The maximum atomic E-state index is 12.5. The van der Waals surface area contributed by atoms with Gasteiger partial charge in [0, 0.05) is 13.0 Å². The minimum absolute atomic E-state index is 0.173. The Morgan fingerprint density at radius 1 is 1.15 bits per heavy atom. The predicted molar refractivity (Wildman–Crippen MR) is 74.3 cm³/mol. The second-order valence-electron chi connectivity index (χ2n) is 5.31. The molecule has 5 nitrogen and oxygen atoms in total. The van der Waals surface area contributed by atoms with Gasteiger partial charge in [0.25, 0.3) is 0 Å². The Morgan fingerprint density at radius 2 is 1.70 bits per heavy atom. The van der Waals surface area contributed by atoms with Crippen molar-refractivity contribution in [3.8, 4) is 0 Å². The van der Waals surface area contributed by atoms with Crippen molar-refractivity contribution in [2.24, 2.45) is 11.8 Å². The standard InChI is InChI=1S/C14H19NO4S/c1-9-5-7-12(8-6-9)20(17,18)15(4)13-10(2)11(3)14(16)19-13/h5-8,10-11,13H,1-4H3/t10-,11-,13-/m1/s1. The second-order valence-corrected chi connectivity index (χ2v) is 7.31. The van der Waals surface area contributed by atoms with E-state index in [2.05, 4.69) is 0 Å². The Hall–Kier alpha value is -1.40. The van der Waals surface area contributed by atoms with Crippen molar-refractivity contribution in [2.45, 2.75) is 31.9 Å². The van der Waals surface area contributed by atoms with E-state index >= 15 is 0 Å². The molecule has 3 atom stereocenters. The second kappa shape index (κ2) is 5.18. The van der Waals surface area contributed by atoms with E-state index in [4.69, 9.17) is 4.74 Å². The zero-order valence-electron chi connectivity index (χ0n) is 12.0. The van der Waals surface area contributed by atoms with Gasteiger partial charge in [0.1, 0.15) is 0 Å². The van der Waals surface area contributed by atoms with Crippen molar-refractivity contribution < 1.29 is 17.9 Å². The number of hydrogen-bond donors (Lipinski definition) is 0. The molecule has 0 radical (unpaired) electrons. The first-order chi connectivity index (χ1) is 9.25. The maximum absolute atomic E-state index is 12.5. The summed E-state index contributed by atoms with van der Waals surface area (Å²) in [5.74, 6) is -0.822. The summed E-state index contributed by atoms with van der Waals surface area (Å²) in [6.45, 7) is 5.46. The van der Waals surface area contributed by atoms with Crippen LogP contribution in [0.3, 0.4) is 0 Å². The molecule has 0 aliphatic carbocycles. The van der Waals surface area contributed by atoms with Gasteiger partial charge >= 0.3 is 5.97 Å². The van der Waals surface area contributed by atoms with Crippen molar-refractivity contribution in [1.82, 2.24) is 4.31 Å². The van der Waals surface area contributed by atoms with Gasteiger partial charge in [0.05, 0.1) is 10.8 Å². The first-order valence-corrected chi connectivity index (χ1v) is 7.94. The SMILES string of the molecule is Cc1ccc(S(=O)(=O)N(C)[C@@H]2OC(=O)[C@H](C)[C@H]2C)cc1. The third-order valence-electron chi connectivity index (χ3n) is 3.90. The molecule has 20 heavy (non-hydrogen) atoms. The number of carbonyl (C=O) groups is 1. The van der Waals surface area contributed by atoms with Crippen molar-refractivity contribution in [2.75, 3.05) is 7.05 Å². The molecule has 0 N–H and O–H groups in total. The van der Waals surface area contributed by atoms with Gasteiger partial charge in [-0.1, -0.05) is 31.5 Å². The lowest BCUT2D eigenvalue weighted by molar-refractivity contribution is -0.147. The molecule has 1 aromatic rings. The van der Waals surface area contributed by atoms with Crippen LogP contribution in [0, 0.1) is 18.8 Å². The number of esters is 1. The normalized spacial score (nSPS) is 26.9. The smallest absolute Gasteiger partial charge is 0.310 e. The third-order valence-corrected chi connectivity index (χ3v) is 5.74. The Morgan fingerprint density at radius 3 is 2.15 bits per heavy atom. The average molecular weight is 297 g/mol. The molecule has 2 rings (SSSR count). The third kappa shape index (κ3) is 2.45. The molecule has 1 aliphatic heterocycles. The molecule has 1 fully saturated rings. The molecule has 1 aliphatic rings. The van der Waals surface area contributed by atoms with E-state index in [1.807, 2.05) is 13.8 Å². The Balaban J connectivity index is 2.30. The molecule has 110 valence electrons. The van der Waals surface area contributed by atoms with Crippen molar-refractivity contribution in [1.29, 1.82) is 0 Å². The number of carbonyl (C=O) groups excluding carboxylic acids is 1.